The smallest absolute Gasteiger partial charge is 0.248 e. The van der Waals surface area contributed by atoms with Gasteiger partial charge in [-0.3, -0.25) is 9.48 Å². The highest BCUT2D eigenvalue weighted by Crippen LogP contribution is 2.31. The fraction of sp³-hybridized carbons (Fsp3) is 0.158. The Morgan fingerprint density at radius 3 is 3.00 bits per heavy atom. The van der Waals surface area contributed by atoms with Gasteiger partial charge in [-0.1, -0.05) is 12.1 Å². The fourth-order valence-corrected chi connectivity index (χ4v) is 2.62. The van der Waals surface area contributed by atoms with Crippen LogP contribution in [0.1, 0.15) is 5.76 Å². The minimum absolute atomic E-state index is 0.146. The molecule has 0 aliphatic carbocycles. The second-order valence-corrected chi connectivity index (χ2v) is 5.79. The molecule has 132 valence electrons. The highest BCUT2D eigenvalue weighted by atomic mass is 16.6. The number of para-hydroxylation sites is 2. The van der Waals surface area contributed by atoms with Crippen LogP contribution in [0.25, 0.3) is 6.08 Å². The van der Waals surface area contributed by atoms with Gasteiger partial charge in [-0.25, -0.2) is 0 Å². The maximum Gasteiger partial charge on any atom is 0.248 e. The predicted molar refractivity (Wildman–Crippen MR) is 95.0 cm³/mol. The Labute approximate surface area is 149 Å². The number of ether oxygens (including phenoxy) is 2. The Hall–Kier alpha value is -3.48. The minimum Gasteiger partial charge on any atom is -0.486 e. The number of carbonyl (C=O) groups is 1. The van der Waals surface area contributed by atoms with E-state index in [0.717, 1.165) is 11.5 Å². The molecule has 4 rings (SSSR count). The Bertz CT molecular complexity index is 915. The molecule has 0 saturated carbocycles. The predicted octanol–water partition coefficient (Wildman–Crippen LogP) is 2.97. The van der Waals surface area contributed by atoms with E-state index in [1.807, 2.05) is 24.3 Å². The zero-order chi connectivity index (χ0) is 17.8. The number of anilines is 1. The number of hydrogen-bond donors (Lipinski definition) is 1. The van der Waals surface area contributed by atoms with E-state index in [1.165, 1.54) is 6.08 Å². The number of nitrogens with zero attached hydrogens (tertiary/aromatic N) is 2. The van der Waals surface area contributed by atoms with Crippen molar-refractivity contribution in [3.8, 4) is 11.5 Å². The van der Waals surface area contributed by atoms with Crippen LogP contribution in [0.3, 0.4) is 0 Å². The van der Waals surface area contributed by atoms with Crippen LogP contribution >= 0.6 is 0 Å². The lowest BCUT2D eigenvalue weighted by Crippen LogP contribution is -2.33. The Balaban J connectivity index is 1.33. The molecule has 3 aromatic rings. The monoisotopic (exact) mass is 351 g/mol. The lowest BCUT2D eigenvalue weighted by atomic mass is 10.2. The summed E-state index contributed by atoms with van der Waals surface area (Å²) in [6, 6.07) is 11.1. The molecule has 1 aliphatic heterocycles. The number of benzene rings is 1. The quantitative estimate of drug-likeness (QED) is 0.715. The van der Waals surface area contributed by atoms with Crippen molar-refractivity contribution < 1.29 is 18.7 Å². The standard InChI is InChI=1S/C19H17N3O4/c23-19(8-7-15-4-3-9-24-15)21-14-10-20-22(11-14)12-16-13-25-17-5-1-2-6-18(17)26-16/h1-11,16H,12-13H2,(H,21,23). The molecule has 1 N–H and O–H groups in total. The van der Waals surface area contributed by atoms with Gasteiger partial charge in [0.05, 0.1) is 24.7 Å². The normalized spacial score (nSPS) is 15.9. The summed E-state index contributed by atoms with van der Waals surface area (Å²) in [5.41, 5.74) is 0.608. The van der Waals surface area contributed by atoms with Gasteiger partial charge in [-0.2, -0.15) is 5.10 Å². The van der Waals surface area contributed by atoms with Gasteiger partial charge < -0.3 is 19.2 Å². The van der Waals surface area contributed by atoms with Gasteiger partial charge in [0, 0.05) is 12.3 Å². The van der Waals surface area contributed by atoms with E-state index in [2.05, 4.69) is 10.4 Å². The molecule has 0 fully saturated rings. The van der Waals surface area contributed by atoms with Crippen molar-refractivity contribution in [1.82, 2.24) is 9.78 Å². The third kappa shape index (κ3) is 3.77. The van der Waals surface area contributed by atoms with Crippen LogP contribution in [0.5, 0.6) is 11.5 Å². The van der Waals surface area contributed by atoms with E-state index in [1.54, 1.807) is 41.5 Å². The molecule has 1 aliphatic rings. The van der Waals surface area contributed by atoms with Crippen LogP contribution < -0.4 is 14.8 Å². The number of nitrogens with one attached hydrogen (secondary N) is 1. The topological polar surface area (TPSA) is 78.5 Å². The van der Waals surface area contributed by atoms with Crippen molar-refractivity contribution >= 4 is 17.7 Å². The fourth-order valence-electron chi connectivity index (χ4n) is 2.62. The summed E-state index contributed by atoms with van der Waals surface area (Å²) in [7, 11) is 0. The molecule has 1 atom stereocenters. The van der Waals surface area contributed by atoms with Crippen molar-refractivity contribution in [2.24, 2.45) is 0 Å². The van der Waals surface area contributed by atoms with Crippen LogP contribution in [0.15, 0.2) is 65.5 Å². The molecule has 7 nitrogen and oxygen atoms in total. The molecule has 0 spiro atoms. The zero-order valence-corrected chi connectivity index (χ0v) is 13.9. The SMILES string of the molecule is O=C(C=Cc1ccco1)Nc1cnn(CC2COc3ccccc3O2)c1. The highest BCUT2D eigenvalue weighted by molar-refractivity contribution is 6.01. The minimum atomic E-state index is -0.257. The van der Waals surface area contributed by atoms with E-state index >= 15 is 0 Å². The number of fused-ring (bicyclic) bond motifs is 1. The van der Waals surface area contributed by atoms with Gasteiger partial charge >= 0.3 is 0 Å². The molecule has 1 amide bonds. The van der Waals surface area contributed by atoms with Crippen LogP contribution in [0.2, 0.25) is 0 Å². The summed E-state index contributed by atoms with van der Waals surface area (Å²) in [6.07, 6.45) is 7.76. The second kappa shape index (κ2) is 7.18. The van der Waals surface area contributed by atoms with Crippen molar-refractivity contribution in [3.05, 3.63) is 66.9 Å². The molecule has 2 aromatic heterocycles. The molecule has 1 aromatic carbocycles. The highest BCUT2D eigenvalue weighted by Gasteiger charge is 2.21. The van der Waals surface area contributed by atoms with Crippen molar-refractivity contribution in [1.29, 1.82) is 0 Å². The summed E-state index contributed by atoms with van der Waals surface area (Å²) in [4.78, 5) is 11.9. The summed E-state index contributed by atoms with van der Waals surface area (Å²) >= 11 is 0. The van der Waals surface area contributed by atoms with Gasteiger partial charge in [-0.15, -0.1) is 0 Å². The largest absolute Gasteiger partial charge is 0.486 e. The van der Waals surface area contributed by atoms with Crippen molar-refractivity contribution in [3.63, 3.8) is 0 Å². The third-order valence-electron chi connectivity index (χ3n) is 3.80. The van der Waals surface area contributed by atoms with E-state index in [0.29, 0.717) is 24.6 Å². The zero-order valence-electron chi connectivity index (χ0n) is 13.9. The molecule has 3 heterocycles. The first-order valence-corrected chi connectivity index (χ1v) is 8.20. The second-order valence-electron chi connectivity index (χ2n) is 5.79. The number of hydrogen-bond acceptors (Lipinski definition) is 5. The van der Waals surface area contributed by atoms with Crippen molar-refractivity contribution in [2.45, 2.75) is 12.6 Å². The van der Waals surface area contributed by atoms with Gasteiger partial charge in [0.2, 0.25) is 5.91 Å². The number of aromatic nitrogens is 2. The van der Waals surface area contributed by atoms with Crippen LogP contribution in [-0.4, -0.2) is 28.4 Å². The first-order valence-electron chi connectivity index (χ1n) is 8.20. The summed E-state index contributed by atoms with van der Waals surface area (Å²) in [5.74, 6) is 1.84. The molecule has 26 heavy (non-hydrogen) atoms. The van der Waals surface area contributed by atoms with E-state index in [9.17, 15) is 4.79 Å². The lowest BCUT2D eigenvalue weighted by Gasteiger charge is -2.26. The summed E-state index contributed by atoms with van der Waals surface area (Å²) in [5, 5.41) is 7.01. The molecular formula is C19H17N3O4. The van der Waals surface area contributed by atoms with E-state index in [-0.39, 0.29) is 12.0 Å². The average Bonchev–Trinajstić information content (AvgIpc) is 3.32. The Morgan fingerprint density at radius 1 is 1.27 bits per heavy atom. The van der Waals surface area contributed by atoms with Gasteiger partial charge in [0.15, 0.2) is 17.6 Å². The van der Waals surface area contributed by atoms with Crippen LogP contribution in [-0.2, 0) is 11.3 Å². The Kier molecular flexibility index (Phi) is 4.42. The molecule has 0 bridgehead atoms. The van der Waals surface area contributed by atoms with Crippen LogP contribution in [0, 0.1) is 0 Å². The first-order chi connectivity index (χ1) is 12.8. The molecule has 0 radical (unpaired) electrons. The van der Waals surface area contributed by atoms with E-state index in [4.69, 9.17) is 13.9 Å². The molecular weight excluding hydrogens is 334 g/mol. The number of carbonyl (C=O) groups excluding carboxylic acids is 1. The molecule has 7 heteroatoms. The third-order valence-corrected chi connectivity index (χ3v) is 3.80. The summed E-state index contributed by atoms with van der Waals surface area (Å²) in [6.45, 7) is 0.969. The molecule has 1 unspecified atom stereocenters. The number of amides is 1. The van der Waals surface area contributed by atoms with Crippen molar-refractivity contribution in [2.75, 3.05) is 11.9 Å². The number of furan rings is 1. The van der Waals surface area contributed by atoms with E-state index < -0.39 is 0 Å². The maximum absolute atomic E-state index is 11.9. The Morgan fingerprint density at radius 2 is 2.15 bits per heavy atom. The van der Waals surface area contributed by atoms with Crippen LogP contribution in [0.4, 0.5) is 5.69 Å². The first kappa shape index (κ1) is 16.0. The molecule has 0 saturated heterocycles. The lowest BCUT2D eigenvalue weighted by molar-refractivity contribution is -0.111. The average molecular weight is 351 g/mol. The number of rotatable bonds is 5. The van der Waals surface area contributed by atoms with Gasteiger partial charge in [-0.05, 0) is 30.3 Å². The van der Waals surface area contributed by atoms with Gasteiger partial charge in [0.25, 0.3) is 0 Å². The van der Waals surface area contributed by atoms with Gasteiger partial charge in [0.1, 0.15) is 12.4 Å². The maximum atomic E-state index is 11.9. The summed E-state index contributed by atoms with van der Waals surface area (Å²) < 4.78 is 18.5.